The van der Waals surface area contributed by atoms with Crippen LogP contribution in [-0.4, -0.2) is 28.7 Å². The lowest BCUT2D eigenvalue weighted by atomic mass is 10.2. The number of unbranched alkanes of at least 4 members (excludes halogenated alkanes) is 1. The van der Waals surface area contributed by atoms with Crippen LogP contribution in [0.1, 0.15) is 18.4 Å². The molecule has 102 valence electrons. The summed E-state index contributed by atoms with van der Waals surface area (Å²) in [6.45, 7) is 1.38. The molecule has 0 radical (unpaired) electrons. The Morgan fingerprint density at radius 2 is 1.83 bits per heavy atom. The normalized spacial score (nSPS) is 11.6. The molecule has 0 atom stereocenters. The first-order chi connectivity index (χ1) is 8.64. The van der Waals surface area contributed by atoms with Gasteiger partial charge in [-0.05, 0) is 18.4 Å². The summed E-state index contributed by atoms with van der Waals surface area (Å²) in [6.07, 6.45) is 1.61. The van der Waals surface area contributed by atoms with Gasteiger partial charge in [-0.15, -0.1) is 0 Å². The molecule has 0 amide bonds. The van der Waals surface area contributed by atoms with Gasteiger partial charge in [0.25, 0.3) is 10.2 Å². The third kappa shape index (κ3) is 6.70. The fraction of sp³-hybridized carbons (Fsp3) is 0.500. The van der Waals surface area contributed by atoms with E-state index in [1.54, 1.807) is 7.11 Å². The minimum absolute atomic E-state index is 0.300. The van der Waals surface area contributed by atoms with E-state index in [1.165, 1.54) is 0 Å². The van der Waals surface area contributed by atoms with Crippen molar-refractivity contribution in [3.05, 3.63) is 35.9 Å². The van der Waals surface area contributed by atoms with Crippen molar-refractivity contribution in [2.75, 3.05) is 20.3 Å². The predicted molar refractivity (Wildman–Crippen MR) is 71.3 cm³/mol. The van der Waals surface area contributed by atoms with Gasteiger partial charge in [-0.3, -0.25) is 0 Å². The van der Waals surface area contributed by atoms with Crippen molar-refractivity contribution in [1.29, 1.82) is 0 Å². The van der Waals surface area contributed by atoms with Crippen molar-refractivity contribution in [3.8, 4) is 0 Å². The summed E-state index contributed by atoms with van der Waals surface area (Å²) in [5, 5.41) is 0. The zero-order valence-electron chi connectivity index (χ0n) is 10.6. The molecule has 1 aromatic carbocycles. The second-order valence-electron chi connectivity index (χ2n) is 3.90. The van der Waals surface area contributed by atoms with Crippen molar-refractivity contribution in [2.45, 2.75) is 19.4 Å². The van der Waals surface area contributed by atoms with Crippen molar-refractivity contribution in [1.82, 2.24) is 9.44 Å². The second-order valence-corrected chi connectivity index (χ2v) is 5.49. The van der Waals surface area contributed by atoms with Crippen LogP contribution >= 0.6 is 0 Å². The van der Waals surface area contributed by atoms with Crippen LogP contribution in [0.3, 0.4) is 0 Å². The molecule has 0 saturated carbocycles. The first-order valence-corrected chi connectivity index (χ1v) is 7.39. The van der Waals surface area contributed by atoms with Crippen LogP contribution in [0, 0.1) is 0 Å². The van der Waals surface area contributed by atoms with E-state index in [0.717, 1.165) is 18.4 Å². The summed E-state index contributed by atoms with van der Waals surface area (Å²) in [6, 6.07) is 9.40. The largest absolute Gasteiger partial charge is 0.385 e. The number of nitrogens with one attached hydrogen (secondary N) is 2. The Balaban J connectivity index is 2.23. The van der Waals surface area contributed by atoms with Gasteiger partial charge in [-0.1, -0.05) is 30.3 Å². The number of rotatable bonds is 9. The Hall–Kier alpha value is -0.950. The number of methoxy groups -OCH3 is 1. The molecule has 0 spiro atoms. The third-order valence-electron chi connectivity index (χ3n) is 2.38. The number of hydrogen-bond donors (Lipinski definition) is 2. The van der Waals surface area contributed by atoms with Gasteiger partial charge in [0.2, 0.25) is 0 Å². The molecule has 0 fully saturated rings. The van der Waals surface area contributed by atoms with Gasteiger partial charge in [-0.25, -0.2) is 4.72 Å². The number of benzene rings is 1. The molecule has 6 heteroatoms. The fourth-order valence-corrected chi connectivity index (χ4v) is 2.27. The van der Waals surface area contributed by atoms with Gasteiger partial charge < -0.3 is 4.74 Å². The Kier molecular flexibility index (Phi) is 6.89. The zero-order chi connectivity index (χ0) is 13.3. The molecule has 0 heterocycles. The van der Waals surface area contributed by atoms with Crippen molar-refractivity contribution in [2.24, 2.45) is 0 Å². The summed E-state index contributed by atoms with van der Waals surface area (Å²) in [5.41, 5.74) is 0.933. The molecule has 0 aromatic heterocycles. The Bertz CT molecular complexity index is 420. The van der Waals surface area contributed by atoms with Gasteiger partial charge in [0.15, 0.2) is 0 Å². The average molecular weight is 272 g/mol. The Labute approximate surface area is 109 Å². The number of ether oxygens (including phenoxy) is 1. The number of hydrogen-bond acceptors (Lipinski definition) is 3. The van der Waals surface area contributed by atoms with E-state index in [9.17, 15) is 8.42 Å². The summed E-state index contributed by atoms with van der Waals surface area (Å²) >= 11 is 0. The quantitative estimate of drug-likeness (QED) is 0.660. The standard InChI is InChI=1S/C12H20N2O3S/c1-17-10-6-5-9-13-18(15,16)14-11-12-7-3-2-4-8-12/h2-4,7-8,13-14H,5-6,9-11H2,1H3. The van der Waals surface area contributed by atoms with Crippen molar-refractivity contribution in [3.63, 3.8) is 0 Å². The molecule has 1 rings (SSSR count). The van der Waals surface area contributed by atoms with E-state index in [1.807, 2.05) is 30.3 Å². The lowest BCUT2D eigenvalue weighted by Crippen LogP contribution is -2.36. The molecule has 0 aliphatic heterocycles. The lowest BCUT2D eigenvalue weighted by molar-refractivity contribution is 0.193. The van der Waals surface area contributed by atoms with Crippen LogP contribution in [0.5, 0.6) is 0 Å². The maximum Gasteiger partial charge on any atom is 0.277 e. The molecule has 0 aliphatic rings. The Morgan fingerprint density at radius 1 is 1.11 bits per heavy atom. The minimum atomic E-state index is -3.41. The second kappa shape index (κ2) is 8.20. The van der Waals surface area contributed by atoms with E-state index < -0.39 is 10.2 Å². The SMILES string of the molecule is COCCCCNS(=O)(=O)NCc1ccccc1. The van der Waals surface area contributed by atoms with Crippen LogP contribution in [0.4, 0.5) is 0 Å². The highest BCUT2D eigenvalue weighted by molar-refractivity contribution is 7.87. The van der Waals surface area contributed by atoms with Gasteiger partial charge in [0, 0.05) is 26.8 Å². The van der Waals surface area contributed by atoms with E-state index in [0.29, 0.717) is 19.7 Å². The van der Waals surface area contributed by atoms with Gasteiger partial charge in [0.1, 0.15) is 0 Å². The van der Waals surface area contributed by atoms with Crippen LogP contribution in [0.25, 0.3) is 0 Å². The molecule has 0 unspecified atom stereocenters. The molecule has 18 heavy (non-hydrogen) atoms. The highest BCUT2D eigenvalue weighted by Gasteiger charge is 2.07. The topological polar surface area (TPSA) is 67.4 Å². The molecular formula is C12H20N2O3S. The van der Waals surface area contributed by atoms with Crippen molar-refractivity contribution < 1.29 is 13.2 Å². The smallest absolute Gasteiger partial charge is 0.277 e. The lowest BCUT2D eigenvalue weighted by Gasteiger charge is -2.08. The Morgan fingerprint density at radius 3 is 2.50 bits per heavy atom. The third-order valence-corrected chi connectivity index (χ3v) is 3.48. The highest BCUT2D eigenvalue weighted by Crippen LogP contribution is 1.98. The van der Waals surface area contributed by atoms with Crippen LogP contribution in [-0.2, 0) is 21.5 Å². The molecule has 1 aromatic rings. The van der Waals surface area contributed by atoms with Crippen LogP contribution < -0.4 is 9.44 Å². The summed E-state index contributed by atoms with van der Waals surface area (Å²) in [5.74, 6) is 0. The highest BCUT2D eigenvalue weighted by atomic mass is 32.2. The van der Waals surface area contributed by atoms with Crippen molar-refractivity contribution >= 4 is 10.2 Å². The predicted octanol–water partition coefficient (Wildman–Crippen LogP) is 1.04. The first kappa shape index (κ1) is 15.1. The molecule has 0 aliphatic carbocycles. The maximum atomic E-state index is 11.6. The summed E-state index contributed by atoms with van der Waals surface area (Å²) in [7, 11) is -1.78. The monoisotopic (exact) mass is 272 g/mol. The minimum Gasteiger partial charge on any atom is -0.385 e. The zero-order valence-corrected chi connectivity index (χ0v) is 11.4. The van der Waals surface area contributed by atoms with Gasteiger partial charge in [0.05, 0.1) is 0 Å². The van der Waals surface area contributed by atoms with Crippen LogP contribution in [0.15, 0.2) is 30.3 Å². The molecular weight excluding hydrogens is 252 g/mol. The molecule has 2 N–H and O–H groups in total. The van der Waals surface area contributed by atoms with E-state index in [2.05, 4.69) is 9.44 Å². The van der Waals surface area contributed by atoms with E-state index in [4.69, 9.17) is 4.74 Å². The molecule has 0 bridgehead atoms. The first-order valence-electron chi connectivity index (χ1n) is 5.91. The van der Waals surface area contributed by atoms with E-state index >= 15 is 0 Å². The van der Waals surface area contributed by atoms with E-state index in [-0.39, 0.29) is 0 Å². The average Bonchev–Trinajstić information content (AvgIpc) is 2.38. The summed E-state index contributed by atoms with van der Waals surface area (Å²) < 4.78 is 33.0. The molecule has 5 nitrogen and oxygen atoms in total. The van der Waals surface area contributed by atoms with Gasteiger partial charge in [-0.2, -0.15) is 13.1 Å². The molecule has 0 saturated heterocycles. The van der Waals surface area contributed by atoms with Crippen LogP contribution in [0.2, 0.25) is 0 Å². The fourth-order valence-electron chi connectivity index (χ4n) is 1.40. The van der Waals surface area contributed by atoms with Gasteiger partial charge >= 0.3 is 0 Å². The summed E-state index contributed by atoms with van der Waals surface area (Å²) in [4.78, 5) is 0. The maximum absolute atomic E-state index is 11.6.